The summed E-state index contributed by atoms with van der Waals surface area (Å²) in [7, 11) is 1.57. The molecule has 0 bridgehead atoms. The van der Waals surface area contributed by atoms with E-state index in [4.69, 9.17) is 5.26 Å². The van der Waals surface area contributed by atoms with Gasteiger partial charge in [-0.05, 0) is 36.8 Å². The first-order valence-corrected chi connectivity index (χ1v) is 7.84. The Bertz CT molecular complexity index is 710. The van der Waals surface area contributed by atoms with Crippen molar-refractivity contribution in [2.24, 2.45) is 5.92 Å². The number of likely N-dealkylation sites (N-methyl/N-ethyl adjacent to an activating group) is 1. The zero-order chi connectivity index (χ0) is 18.6. The lowest BCUT2D eigenvalue weighted by molar-refractivity contribution is -0.113. The van der Waals surface area contributed by atoms with E-state index in [-0.39, 0.29) is 30.9 Å². The number of carbonyl (C=O) groups excluding carboxylic acids is 2. The minimum Gasteiger partial charge on any atom is -0.333 e. The Kier molecular flexibility index (Phi) is 5.52. The molecule has 2 amide bonds. The average Bonchev–Trinajstić information content (AvgIpc) is 2.61. The summed E-state index contributed by atoms with van der Waals surface area (Å²) in [6, 6.07) is 7.94. The van der Waals surface area contributed by atoms with Gasteiger partial charge in [-0.2, -0.15) is 5.26 Å². The van der Waals surface area contributed by atoms with Crippen molar-refractivity contribution >= 4 is 17.5 Å². The molecule has 0 radical (unpaired) electrons. The lowest BCUT2D eigenvalue weighted by Crippen LogP contribution is -2.50. The van der Waals surface area contributed by atoms with E-state index in [9.17, 15) is 18.4 Å². The maximum absolute atomic E-state index is 14.1. The molecule has 0 spiro atoms. The topological polar surface area (TPSA) is 64.4 Å². The summed E-state index contributed by atoms with van der Waals surface area (Å²) in [5.74, 6) is -4.86. The molecule has 1 aliphatic heterocycles. The van der Waals surface area contributed by atoms with Crippen molar-refractivity contribution in [3.05, 3.63) is 42.5 Å². The lowest BCUT2D eigenvalue weighted by Gasteiger charge is -2.37. The summed E-state index contributed by atoms with van der Waals surface area (Å²) in [5.41, 5.74) is 0.845. The summed E-state index contributed by atoms with van der Waals surface area (Å²) in [6.45, 7) is 2.91. The molecule has 1 saturated heterocycles. The monoisotopic (exact) mass is 347 g/mol. The Labute approximate surface area is 145 Å². The third kappa shape index (κ3) is 4.02. The second-order valence-corrected chi connectivity index (χ2v) is 5.98. The summed E-state index contributed by atoms with van der Waals surface area (Å²) < 4.78 is 28.2. The maximum Gasteiger partial charge on any atom is 0.269 e. The fourth-order valence-electron chi connectivity index (χ4n) is 2.79. The first-order valence-electron chi connectivity index (χ1n) is 7.84. The van der Waals surface area contributed by atoms with Crippen molar-refractivity contribution in [2.45, 2.75) is 18.8 Å². The van der Waals surface area contributed by atoms with Gasteiger partial charge in [-0.3, -0.25) is 9.59 Å². The molecule has 1 aromatic rings. The van der Waals surface area contributed by atoms with E-state index in [1.807, 2.05) is 0 Å². The number of benzene rings is 1. The first-order chi connectivity index (χ1) is 11.8. The number of rotatable bonds is 4. The van der Waals surface area contributed by atoms with E-state index < -0.39 is 24.3 Å². The number of halogens is 2. The molecule has 7 heteroatoms. The van der Waals surface area contributed by atoms with E-state index in [2.05, 4.69) is 6.58 Å². The fourth-order valence-corrected chi connectivity index (χ4v) is 2.79. The normalized spacial score (nSPS) is 19.0. The number of alkyl halides is 2. The molecule has 1 aliphatic rings. The van der Waals surface area contributed by atoms with Crippen molar-refractivity contribution in [1.29, 1.82) is 5.26 Å². The number of hydrogen-bond donors (Lipinski definition) is 0. The molecular weight excluding hydrogens is 328 g/mol. The number of hydrogen-bond acceptors (Lipinski definition) is 3. The quantitative estimate of drug-likeness (QED) is 0.787. The molecule has 0 aromatic heterocycles. The van der Waals surface area contributed by atoms with Crippen LogP contribution in [0.15, 0.2) is 36.9 Å². The van der Waals surface area contributed by atoms with Gasteiger partial charge < -0.3 is 9.80 Å². The van der Waals surface area contributed by atoms with Gasteiger partial charge in [-0.15, -0.1) is 0 Å². The van der Waals surface area contributed by atoms with Crippen molar-refractivity contribution in [3.8, 4) is 6.07 Å². The van der Waals surface area contributed by atoms with Crippen LogP contribution in [-0.4, -0.2) is 42.8 Å². The first kappa shape index (κ1) is 18.6. The molecule has 132 valence electrons. The Morgan fingerprint density at radius 3 is 2.60 bits per heavy atom. The highest BCUT2D eigenvalue weighted by atomic mass is 19.3. The molecule has 2 rings (SSSR count). The van der Waals surface area contributed by atoms with Crippen molar-refractivity contribution in [1.82, 2.24) is 4.90 Å². The highest BCUT2D eigenvalue weighted by molar-refractivity contribution is 6.01. The molecular formula is C18H19F2N3O2. The van der Waals surface area contributed by atoms with Gasteiger partial charge in [-0.25, -0.2) is 8.78 Å². The van der Waals surface area contributed by atoms with Crippen LogP contribution in [0, 0.1) is 17.2 Å². The van der Waals surface area contributed by atoms with Crippen LogP contribution < -0.4 is 4.90 Å². The standard InChI is InChI=1S/C18H19F2N3O2/c1-3-16(24)22(2)15-6-4-13(5-7-15)17(25)23-11-9-14(8-10-21)18(19,20)12-23/h3-7,14H,1,8-9,11-12H2,2H3. The second-order valence-electron chi connectivity index (χ2n) is 5.98. The van der Waals surface area contributed by atoms with Crippen molar-refractivity contribution in [2.75, 3.05) is 25.0 Å². The molecule has 0 aliphatic carbocycles. The minimum absolute atomic E-state index is 0.0982. The molecule has 1 aromatic carbocycles. The van der Waals surface area contributed by atoms with Crippen molar-refractivity contribution < 1.29 is 18.4 Å². The lowest BCUT2D eigenvalue weighted by atomic mass is 9.90. The smallest absolute Gasteiger partial charge is 0.269 e. The Morgan fingerprint density at radius 1 is 1.44 bits per heavy atom. The molecule has 0 N–H and O–H groups in total. The van der Waals surface area contributed by atoms with Crippen LogP contribution in [0.5, 0.6) is 0 Å². The van der Waals surface area contributed by atoms with Gasteiger partial charge in [0.15, 0.2) is 0 Å². The summed E-state index contributed by atoms with van der Waals surface area (Å²) in [6.07, 6.45) is 1.06. The molecule has 0 saturated carbocycles. The van der Waals surface area contributed by atoms with E-state index in [1.165, 1.54) is 23.1 Å². The van der Waals surface area contributed by atoms with Gasteiger partial charge in [0.05, 0.1) is 12.6 Å². The highest BCUT2D eigenvalue weighted by Gasteiger charge is 2.45. The third-order valence-corrected chi connectivity index (χ3v) is 4.38. The molecule has 5 nitrogen and oxygen atoms in total. The number of amides is 2. The van der Waals surface area contributed by atoms with Gasteiger partial charge in [0, 0.05) is 37.2 Å². The molecule has 25 heavy (non-hydrogen) atoms. The average molecular weight is 347 g/mol. The van der Waals surface area contributed by atoms with Crippen LogP contribution in [-0.2, 0) is 4.79 Å². The minimum atomic E-state index is -3.07. The summed E-state index contributed by atoms with van der Waals surface area (Å²) in [5, 5.41) is 8.63. The van der Waals surface area contributed by atoms with Crippen LogP contribution in [0.1, 0.15) is 23.2 Å². The van der Waals surface area contributed by atoms with Crippen LogP contribution in [0.25, 0.3) is 0 Å². The largest absolute Gasteiger partial charge is 0.333 e. The van der Waals surface area contributed by atoms with E-state index in [1.54, 1.807) is 25.2 Å². The SMILES string of the molecule is C=CC(=O)N(C)c1ccc(C(=O)N2CCC(CC#N)C(F)(F)C2)cc1. The number of carbonyl (C=O) groups is 2. The number of piperidine rings is 1. The van der Waals surface area contributed by atoms with Crippen LogP contribution in [0.2, 0.25) is 0 Å². The highest BCUT2D eigenvalue weighted by Crippen LogP contribution is 2.35. The predicted octanol–water partition coefficient (Wildman–Crippen LogP) is 2.85. The summed E-state index contributed by atoms with van der Waals surface area (Å²) in [4.78, 5) is 26.5. The molecule has 1 heterocycles. The maximum atomic E-state index is 14.1. The Balaban J connectivity index is 2.10. The third-order valence-electron chi connectivity index (χ3n) is 4.38. The van der Waals surface area contributed by atoms with Gasteiger partial charge in [0.2, 0.25) is 5.91 Å². The molecule has 1 fully saturated rings. The fraction of sp³-hybridized carbons (Fsp3) is 0.389. The zero-order valence-electron chi connectivity index (χ0n) is 13.9. The zero-order valence-corrected chi connectivity index (χ0v) is 13.9. The molecule has 1 unspecified atom stereocenters. The van der Waals surface area contributed by atoms with E-state index >= 15 is 0 Å². The number of likely N-dealkylation sites (tertiary alicyclic amines) is 1. The van der Waals surface area contributed by atoms with Crippen LogP contribution in [0.4, 0.5) is 14.5 Å². The van der Waals surface area contributed by atoms with Crippen molar-refractivity contribution in [3.63, 3.8) is 0 Å². The van der Waals surface area contributed by atoms with Gasteiger partial charge >= 0.3 is 0 Å². The van der Waals surface area contributed by atoms with Gasteiger partial charge in [0.25, 0.3) is 11.8 Å². The number of nitriles is 1. The van der Waals surface area contributed by atoms with Crippen LogP contribution in [0.3, 0.4) is 0 Å². The molecule has 1 atom stereocenters. The predicted molar refractivity (Wildman–Crippen MR) is 89.2 cm³/mol. The Morgan fingerprint density at radius 2 is 2.08 bits per heavy atom. The summed E-state index contributed by atoms with van der Waals surface area (Å²) >= 11 is 0. The van der Waals surface area contributed by atoms with E-state index in [0.29, 0.717) is 5.69 Å². The van der Waals surface area contributed by atoms with Gasteiger partial charge in [-0.1, -0.05) is 6.58 Å². The van der Waals surface area contributed by atoms with E-state index in [0.717, 1.165) is 4.90 Å². The number of nitrogens with zero attached hydrogens (tertiary/aromatic N) is 3. The Hall–Kier alpha value is -2.75. The van der Waals surface area contributed by atoms with Crippen LogP contribution >= 0.6 is 0 Å². The second kappa shape index (κ2) is 7.43. The number of anilines is 1. The van der Waals surface area contributed by atoms with Gasteiger partial charge in [0.1, 0.15) is 0 Å².